The van der Waals surface area contributed by atoms with Gasteiger partial charge in [0.2, 0.25) is 0 Å². The second-order valence-electron chi connectivity index (χ2n) is 3.94. The van der Waals surface area contributed by atoms with E-state index >= 15 is 0 Å². The third-order valence-corrected chi connectivity index (χ3v) is 2.41. The van der Waals surface area contributed by atoms with Crippen LogP contribution in [0.2, 0.25) is 0 Å². The minimum Gasteiger partial charge on any atom is -0.404 e. The molecule has 1 amide bonds. The molecule has 1 aromatic heterocycles. The lowest BCUT2D eigenvalue weighted by molar-refractivity contribution is -0.274. The zero-order valence-electron chi connectivity index (χ0n) is 10.5. The Bertz CT molecular complexity index is 659. The third-order valence-electron chi connectivity index (χ3n) is 2.41. The second-order valence-corrected chi connectivity index (χ2v) is 3.94. The number of aromatic nitrogens is 1. The summed E-state index contributed by atoms with van der Waals surface area (Å²) in [5.41, 5.74) is 5.48. The maximum Gasteiger partial charge on any atom is 0.573 e. The van der Waals surface area contributed by atoms with Gasteiger partial charge in [-0.2, -0.15) is 0 Å². The van der Waals surface area contributed by atoms with E-state index in [1.54, 1.807) is 0 Å². The molecule has 0 saturated heterocycles. The number of nitrogens with two attached hydrogens (primary N) is 1. The van der Waals surface area contributed by atoms with Gasteiger partial charge in [-0.05, 0) is 24.3 Å². The smallest absolute Gasteiger partial charge is 0.404 e. The van der Waals surface area contributed by atoms with Gasteiger partial charge in [-0.25, -0.2) is 4.98 Å². The first kappa shape index (κ1) is 14.6. The zero-order chi connectivity index (χ0) is 15.5. The molecule has 0 fully saturated rings. The predicted octanol–water partition coefficient (Wildman–Crippen LogP) is 2.81. The highest BCUT2D eigenvalue weighted by molar-refractivity contribution is 6.06. The number of nitrogens with one attached hydrogen (secondary N) is 1. The number of para-hydroxylation sites is 2. The molecule has 0 saturated carbocycles. The summed E-state index contributed by atoms with van der Waals surface area (Å²) in [6.45, 7) is 0. The summed E-state index contributed by atoms with van der Waals surface area (Å²) < 4.78 is 40.7. The van der Waals surface area contributed by atoms with Crippen LogP contribution in [0.4, 0.5) is 24.5 Å². The first-order valence-corrected chi connectivity index (χ1v) is 5.73. The number of anilines is 2. The van der Waals surface area contributed by atoms with Crippen LogP contribution in [0.5, 0.6) is 5.75 Å². The number of benzene rings is 1. The highest BCUT2D eigenvalue weighted by atomic mass is 19.4. The lowest BCUT2D eigenvalue weighted by atomic mass is 10.2. The number of nitrogen functional groups attached to an aromatic ring is 1. The minimum absolute atomic E-state index is 0.0840. The molecule has 1 heterocycles. The number of hydrogen-bond donors (Lipinski definition) is 2. The average molecular weight is 297 g/mol. The zero-order valence-corrected chi connectivity index (χ0v) is 10.5. The first-order valence-electron chi connectivity index (χ1n) is 5.73. The lowest BCUT2D eigenvalue weighted by Crippen LogP contribution is -2.20. The molecule has 0 aliphatic carbocycles. The van der Waals surface area contributed by atoms with Gasteiger partial charge >= 0.3 is 6.36 Å². The normalized spacial score (nSPS) is 11.0. The van der Waals surface area contributed by atoms with Crippen molar-refractivity contribution in [2.75, 3.05) is 11.1 Å². The maximum absolute atomic E-state index is 12.3. The van der Waals surface area contributed by atoms with Gasteiger partial charge in [0.25, 0.3) is 5.91 Å². The Balaban J connectivity index is 2.24. The van der Waals surface area contributed by atoms with E-state index in [-0.39, 0.29) is 17.1 Å². The van der Waals surface area contributed by atoms with E-state index in [1.165, 1.54) is 36.5 Å². The van der Waals surface area contributed by atoms with Crippen LogP contribution >= 0.6 is 0 Å². The SMILES string of the molecule is Nc1cccnc1C(=O)Nc1ccccc1OC(F)(F)F. The van der Waals surface area contributed by atoms with Crippen LogP contribution < -0.4 is 15.8 Å². The standard InChI is InChI=1S/C13H10F3N3O2/c14-13(15,16)21-10-6-2-1-5-9(10)19-12(20)11-8(17)4-3-7-18-11/h1-7H,17H2,(H,19,20). The largest absolute Gasteiger partial charge is 0.573 e. The van der Waals surface area contributed by atoms with E-state index in [0.29, 0.717) is 0 Å². The van der Waals surface area contributed by atoms with Crippen LogP contribution in [-0.4, -0.2) is 17.3 Å². The number of pyridine rings is 1. The van der Waals surface area contributed by atoms with Crippen molar-refractivity contribution < 1.29 is 22.7 Å². The quantitative estimate of drug-likeness (QED) is 0.913. The van der Waals surface area contributed by atoms with E-state index in [0.717, 1.165) is 6.07 Å². The molecule has 0 aliphatic heterocycles. The van der Waals surface area contributed by atoms with Crippen LogP contribution in [-0.2, 0) is 0 Å². The monoisotopic (exact) mass is 297 g/mol. The summed E-state index contributed by atoms with van der Waals surface area (Å²) in [4.78, 5) is 15.7. The molecule has 2 rings (SSSR count). The summed E-state index contributed by atoms with van der Waals surface area (Å²) in [7, 11) is 0. The van der Waals surface area contributed by atoms with Crippen LogP contribution in [0.1, 0.15) is 10.5 Å². The Hall–Kier alpha value is -2.77. The predicted molar refractivity (Wildman–Crippen MR) is 69.7 cm³/mol. The van der Waals surface area contributed by atoms with Gasteiger partial charge in [-0.3, -0.25) is 4.79 Å². The fraction of sp³-hybridized carbons (Fsp3) is 0.0769. The molecule has 0 spiro atoms. The number of ether oxygens (including phenoxy) is 1. The number of rotatable bonds is 3. The van der Waals surface area contributed by atoms with Crippen molar-refractivity contribution in [3.63, 3.8) is 0 Å². The van der Waals surface area contributed by atoms with Crippen molar-refractivity contribution in [3.05, 3.63) is 48.3 Å². The van der Waals surface area contributed by atoms with Crippen molar-refractivity contribution in [2.45, 2.75) is 6.36 Å². The number of carbonyl (C=O) groups excluding carboxylic acids is 1. The average Bonchev–Trinajstić information content (AvgIpc) is 2.40. The Morgan fingerprint density at radius 1 is 1.19 bits per heavy atom. The van der Waals surface area contributed by atoms with Crippen LogP contribution in [0.15, 0.2) is 42.6 Å². The molecule has 0 atom stereocenters. The van der Waals surface area contributed by atoms with E-state index in [1.807, 2.05) is 0 Å². The molecule has 21 heavy (non-hydrogen) atoms. The summed E-state index contributed by atoms with van der Waals surface area (Å²) in [6, 6.07) is 8.17. The van der Waals surface area contributed by atoms with E-state index in [2.05, 4.69) is 15.0 Å². The topological polar surface area (TPSA) is 77.2 Å². The molecule has 1 aromatic carbocycles. The van der Waals surface area contributed by atoms with Crippen LogP contribution in [0, 0.1) is 0 Å². The Morgan fingerprint density at radius 3 is 2.57 bits per heavy atom. The van der Waals surface area contributed by atoms with E-state index in [9.17, 15) is 18.0 Å². The molecule has 8 heteroatoms. The van der Waals surface area contributed by atoms with E-state index < -0.39 is 18.0 Å². The fourth-order valence-electron chi connectivity index (χ4n) is 1.57. The van der Waals surface area contributed by atoms with Gasteiger partial charge in [-0.1, -0.05) is 12.1 Å². The minimum atomic E-state index is -4.86. The summed E-state index contributed by atoms with van der Waals surface area (Å²) in [6.07, 6.45) is -3.51. The van der Waals surface area contributed by atoms with Gasteiger partial charge < -0.3 is 15.8 Å². The second kappa shape index (κ2) is 5.70. The summed E-state index contributed by atoms with van der Waals surface area (Å²) in [5, 5.41) is 2.28. The van der Waals surface area contributed by atoms with Crippen molar-refractivity contribution in [3.8, 4) is 5.75 Å². The summed E-state index contributed by atoms with van der Waals surface area (Å²) >= 11 is 0. The van der Waals surface area contributed by atoms with Crippen LogP contribution in [0.25, 0.3) is 0 Å². The third kappa shape index (κ3) is 3.85. The number of alkyl halides is 3. The number of hydrogen-bond acceptors (Lipinski definition) is 4. The number of carbonyl (C=O) groups is 1. The molecule has 2 aromatic rings. The first-order chi connectivity index (χ1) is 9.87. The van der Waals surface area contributed by atoms with Crippen molar-refractivity contribution >= 4 is 17.3 Å². The maximum atomic E-state index is 12.3. The molecular formula is C13H10F3N3O2. The van der Waals surface area contributed by atoms with Gasteiger partial charge in [0.05, 0.1) is 11.4 Å². The molecule has 110 valence electrons. The molecule has 3 N–H and O–H groups in total. The Labute approximate surface area is 117 Å². The molecular weight excluding hydrogens is 287 g/mol. The Morgan fingerprint density at radius 2 is 1.90 bits per heavy atom. The number of amides is 1. The lowest BCUT2D eigenvalue weighted by Gasteiger charge is -2.13. The van der Waals surface area contributed by atoms with Crippen molar-refractivity contribution in [1.29, 1.82) is 0 Å². The van der Waals surface area contributed by atoms with E-state index in [4.69, 9.17) is 5.73 Å². The Kier molecular flexibility index (Phi) is 3.97. The van der Waals surface area contributed by atoms with Crippen molar-refractivity contribution in [2.24, 2.45) is 0 Å². The fourth-order valence-corrected chi connectivity index (χ4v) is 1.57. The van der Waals surface area contributed by atoms with Crippen molar-refractivity contribution in [1.82, 2.24) is 4.98 Å². The molecule has 0 aliphatic rings. The number of nitrogens with zero attached hydrogens (tertiary/aromatic N) is 1. The molecule has 0 unspecified atom stereocenters. The van der Waals surface area contributed by atoms with Gasteiger partial charge in [0, 0.05) is 6.20 Å². The highest BCUT2D eigenvalue weighted by Gasteiger charge is 2.32. The molecule has 0 bridgehead atoms. The van der Waals surface area contributed by atoms with Gasteiger partial charge in [0.1, 0.15) is 0 Å². The highest BCUT2D eigenvalue weighted by Crippen LogP contribution is 2.30. The van der Waals surface area contributed by atoms with Gasteiger partial charge in [0.15, 0.2) is 11.4 Å². The molecule has 0 radical (unpaired) electrons. The summed E-state index contributed by atoms with van der Waals surface area (Å²) in [5.74, 6) is -1.25. The molecule has 5 nitrogen and oxygen atoms in total. The van der Waals surface area contributed by atoms with Crippen LogP contribution in [0.3, 0.4) is 0 Å². The number of halogens is 3. The van der Waals surface area contributed by atoms with Gasteiger partial charge in [-0.15, -0.1) is 13.2 Å².